The third-order valence-corrected chi connectivity index (χ3v) is 3.85. The molecule has 0 radical (unpaired) electrons. The lowest BCUT2D eigenvalue weighted by Crippen LogP contribution is -2.13. The van der Waals surface area contributed by atoms with Crippen molar-refractivity contribution in [2.45, 2.75) is 6.92 Å². The summed E-state index contributed by atoms with van der Waals surface area (Å²) in [5.74, 6) is 0.972. The van der Waals surface area contributed by atoms with E-state index in [2.05, 4.69) is 5.32 Å². The molecule has 0 bridgehead atoms. The normalized spacial score (nSPS) is 10.1. The predicted molar refractivity (Wildman–Crippen MR) is 90.2 cm³/mol. The highest BCUT2D eigenvalue weighted by atomic mass is 35.5. The first kappa shape index (κ1) is 17.0. The van der Waals surface area contributed by atoms with Crippen LogP contribution in [-0.2, 0) is 0 Å². The molecule has 23 heavy (non-hydrogen) atoms. The van der Waals surface area contributed by atoms with Gasteiger partial charge in [-0.3, -0.25) is 4.79 Å². The number of rotatable bonds is 5. The van der Waals surface area contributed by atoms with Crippen molar-refractivity contribution in [1.29, 1.82) is 0 Å². The summed E-state index contributed by atoms with van der Waals surface area (Å²) in [4.78, 5) is 12.5. The second kappa shape index (κ2) is 7.24. The van der Waals surface area contributed by atoms with Gasteiger partial charge in [0.1, 0.15) is 0 Å². The summed E-state index contributed by atoms with van der Waals surface area (Å²) in [5.41, 5.74) is 1.84. The largest absolute Gasteiger partial charge is 0.493 e. The first-order valence-electron chi connectivity index (χ1n) is 6.88. The van der Waals surface area contributed by atoms with Gasteiger partial charge in [0.25, 0.3) is 5.91 Å². The Hall–Kier alpha value is -2.40. The van der Waals surface area contributed by atoms with Crippen LogP contribution < -0.4 is 19.5 Å². The Bertz CT molecular complexity index is 706. The second-order valence-electron chi connectivity index (χ2n) is 4.78. The van der Waals surface area contributed by atoms with Crippen molar-refractivity contribution in [2.24, 2.45) is 0 Å². The molecule has 2 rings (SSSR count). The summed E-state index contributed by atoms with van der Waals surface area (Å²) in [6.45, 7) is 1.84. The monoisotopic (exact) mass is 335 g/mol. The van der Waals surface area contributed by atoms with Crippen LogP contribution >= 0.6 is 11.6 Å². The number of benzene rings is 2. The molecule has 0 aliphatic rings. The van der Waals surface area contributed by atoms with Crippen molar-refractivity contribution in [1.82, 2.24) is 0 Å². The molecule has 0 aliphatic carbocycles. The average Bonchev–Trinajstić information content (AvgIpc) is 2.57. The molecule has 6 heteroatoms. The van der Waals surface area contributed by atoms with E-state index in [0.29, 0.717) is 33.5 Å². The summed E-state index contributed by atoms with van der Waals surface area (Å²) >= 11 is 6.07. The second-order valence-corrected chi connectivity index (χ2v) is 5.19. The fraction of sp³-hybridized carbons (Fsp3) is 0.235. The average molecular weight is 336 g/mol. The number of amides is 1. The number of hydrogen-bond donors (Lipinski definition) is 1. The molecule has 2 aromatic rings. The number of nitrogens with one attached hydrogen (secondary N) is 1. The highest BCUT2D eigenvalue weighted by Crippen LogP contribution is 2.38. The Labute approximate surface area is 140 Å². The molecular weight excluding hydrogens is 318 g/mol. The third-order valence-electron chi connectivity index (χ3n) is 3.44. The summed E-state index contributed by atoms with van der Waals surface area (Å²) in [5, 5.41) is 3.42. The van der Waals surface area contributed by atoms with Crippen LogP contribution in [0.4, 0.5) is 5.69 Å². The van der Waals surface area contributed by atoms with Crippen molar-refractivity contribution in [3.05, 3.63) is 46.5 Å². The van der Waals surface area contributed by atoms with E-state index in [1.807, 2.05) is 6.92 Å². The maximum atomic E-state index is 12.5. The van der Waals surface area contributed by atoms with Crippen LogP contribution in [0.5, 0.6) is 17.2 Å². The van der Waals surface area contributed by atoms with Gasteiger partial charge in [-0.05, 0) is 36.8 Å². The zero-order chi connectivity index (χ0) is 17.0. The molecule has 122 valence electrons. The molecule has 1 N–H and O–H groups in total. The van der Waals surface area contributed by atoms with Crippen LogP contribution in [0.2, 0.25) is 5.02 Å². The van der Waals surface area contributed by atoms with Crippen LogP contribution in [0.1, 0.15) is 15.9 Å². The number of ether oxygens (including phenoxy) is 3. The lowest BCUT2D eigenvalue weighted by molar-refractivity contribution is 0.102. The molecule has 0 spiro atoms. The Balaban J connectivity index is 2.37. The van der Waals surface area contributed by atoms with E-state index < -0.39 is 0 Å². The van der Waals surface area contributed by atoms with Crippen molar-refractivity contribution >= 4 is 23.2 Å². The van der Waals surface area contributed by atoms with Gasteiger partial charge < -0.3 is 19.5 Å². The molecular formula is C17H18ClNO4. The Morgan fingerprint density at radius 1 is 1.04 bits per heavy atom. The van der Waals surface area contributed by atoms with Crippen molar-refractivity contribution in [3.63, 3.8) is 0 Å². The van der Waals surface area contributed by atoms with Gasteiger partial charge in [-0.2, -0.15) is 0 Å². The minimum atomic E-state index is -0.297. The number of carbonyl (C=O) groups is 1. The predicted octanol–water partition coefficient (Wildman–Crippen LogP) is 3.93. The zero-order valence-electron chi connectivity index (χ0n) is 13.4. The van der Waals surface area contributed by atoms with Crippen molar-refractivity contribution < 1.29 is 19.0 Å². The fourth-order valence-electron chi connectivity index (χ4n) is 2.15. The topological polar surface area (TPSA) is 56.8 Å². The maximum Gasteiger partial charge on any atom is 0.255 e. The number of halogens is 1. The molecule has 0 atom stereocenters. The molecule has 0 saturated carbocycles. The zero-order valence-corrected chi connectivity index (χ0v) is 14.2. The minimum Gasteiger partial charge on any atom is -0.493 e. The van der Waals surface area contributed by atoms with Gasteiger partial charge in [0.15, 0.2) is 11.5 Å². The van der Waals surface area contributed by atoms with Gasteiger partial charge in [-0.15, -0.1) is 0 Å². The molecule has 0 aliphatic heterocycles. The first-order chi connectivity index (χ1) is 11.0. The van der Waals surface area contributed by atoms with E-state index in [0.717, 1.165) is 5.56 Å². The van der Waals surface area contributed by atoms with Gasteiger partial charge in [-0.1, -0.05) is 17.7 Å². The van der Waals surface area contributed by atoms with E-state index >= 15 is 0 Å². The Kier molecular flexibility index (Phi) is 5.34. The van der Waals surface area contributed by atoms with Gasteiger partial charge >= 0.3 is 0 Å². The SMILES string of the molecule is COc1cc(C(=O)Nc2cccc(Cl)c2C)cc(OC)c1OC. The third kappa shape index (κ3) is 3.51. The minimum absolute atomic E-state index is 0.297. The summed E-state index contributed by atoms with van der Waals surface area (Å²) in [6, 6.07) is 8.52. The maximum absolute atomic E-state index is 12.5. The lowest BCUT2D eigenvalue weighted by atomic mass is 10.1. The van der Waals surface area contributed by atoms with Crippen LogP contribution in [0, 0.1) is 6.92 Å². The van der Waals surface area contributed by atoms with E-state index in [1.54, 1.807) is 30.3 Å². The molecule has 0 saturated heterocycles. The lowest BCUT2D eigenvalue weighted by Gasteiger charge is -2.14. The van der Waals surface area contributed by atoms with Gasteiger partial charge in [-0.25, -0.2) is 0 Å². The molecule has 2 aromatic carbocycles. The number of methoxy groups -OCH3 is 3. The summed E-state index contributed by atoms with van der Waals surface area (Å²) < 4.78 is 15.8. The van der Waals surface area contributed by atoms with Gasteiger partial charge in [0.2, 0.25) is 5.75 Å². The van der Waals surface area contributed by atoms with E-state index in [9.17, 15) is 4.79 Å². The van der Waals surface area contributed by atoms with Crippen molar-refractivity contribution in [2.75, 3.05) is 26.6 Å². The number of hydrogen-bond acceptors (Lipinski definition) is 4. The quantitative estimate of drug-likeness (QED) is 0.899. The summed E-state index contributed by atoms with van der Waals surface area (Å²) in [7, 11) is 4.51. The summed E-state index contributed by atoms with van der Waals surface area (Å²) in [6.07, 6.45) is 0. The molecule has 1 amide bonds. The highest BCUT2D eigenvalue weighted by molar-refractivity contribution is 6.31. The van der Waals surface area contributed by atoms with Crippen LogP contribution in [0.15, 0.2) is 30.3 Å². The van der Waals surface area contributed by atoms with E-state index in [1.165, 1.54) is 21.3 Å². The standard InChI is InChI=1S/C17H18ClNO4/c1-10-12(18)6-5-7-13(10)19-17(20)11-8-14(21-2)16(23-4)15(9-11)22-3/h5-9H,1-4H3,(H,19,20). The number of anilines is 1. The van der Waals surface area contributed by atoms with Gasteiger partial charge in [0.05, 0.1) is 21.3 Å². The molecule has 0 heterocycles. The first-order valence-corrected chi connectivity index (χ1v) is 7.26. The Morgan fingerprint density at radius 3 is 2.17 bits per heavy atom. The van der Waals surface area contributed by atoms with E-state index in [-0.39, 0.29) is 5.91 Å². The molecule has 5 nitrogen and oxygen atoms in total. The number of carbonyl (C=O) groups excluding carboxylic acids is 1. The molecule has 0 unspecified atom stereocenters. The smallest absolute Gasteiger partial charge is 0.255 e. The highest BCUT2D eigenvalue weighted by Gasteiger charge is 2.17. The van der Waals surface area contributed by atoms with Crippen LogP contribution in [0.3, 0.4) is 0 Å². The van der Waals surface area contributed by atoms with Crippen LogP contribution in [0.25, 0.3) is 0 Å². The Morgan fingerprint density at radius 2 is 1.65 bits per heavy atom. The molecule has 0 aromatic heterocycles. The fourth-order valence-corrected chi connectivity index (χ4v) is 2.32. The van der Waals surface area contributed by atoms with Crippen LogP contribution in [-0.4, -0.2) is 27.2 Å². The van der Waals surface area contributed by atoms with E-state index in [4.69, 9.17) is 25.8 Å². The van der Waals surface area contributed by atoms with Gasteiger partial charge in [0, 0.05) is 16.3 Å². The molecule has 0 fully saturated rings. The van der Waals surface area contributed by atoms with Crippen molar-refractivity contribution in [3.8, 4) is 17.2 Å².